The van der Waals surface area contributed by atoms with Crippen LogP contribution in [-0.2, 0) is 11.2 Å². The Morgan fingerprint density at radius 3 is 2.69 bits per heavy atom. The minimum absolute atomic E-state index is 0.0844. The number of hydrogen-bond donors (Lipinski definition) is 1. The predicted octanol–water partition coefficient (Wildman–Crippen LogP) is 2.62. The van der Waals surface area contributed by atoms with Crippen molar-refractivity contribution in [1.29, 1.82) is 0 Å². The van der Waals surface area contributed by atoms with Gasteiger partial charge >= 0.3 is 0 Å². The average molecular weight is 243 g/mol. The number of hydrogen-bond acceptors (Lipinski definition) is 2. The van der Waals surface area contributed by atoms with Gasteiger partial charge in [-0.25, -0.2) is 4.98 Å². The number of aromatic nitrogens is 2. The Morgan fingerprint density at radius 2 is 2.19 bits per heavy atom. The van der Waals surface area contributed by atoms with Crippen molar-refractivity contribution in [1.82, 2.24) is 9.97 Å². The third-order valence-electron chi connectivity index (χ3n) is 3.68. The number of rotatable bonds is 3. The Kier molecular flexibility index (Phi) is 3.55. The monoisotopic (exact) mass is 242 g/mol. The number of ether oxygens (including phenoxy) is 1. The molecule has 0 bridgehead atoms. The highest BCUT2D eigenvalue weighted by Gasteiger charge is 2.41. The highest BCUT2D eigenvalue weighted by Crippen LogP contribution is 2.37. The summed E-state index contributed by atoms with van der Waals surface area (Å²) >= 11 is 6.49. The zero-order chi connectivity index (χ0) is 11.7. The molecule has 1 saturated heterocycles. The highest BCUT2D eigenvalue weighted by atomic mass is 35.5. The van der Waals surface area contributed by atoms with Crippen molar-refractivity contribution in [3.8, 4) is 0 Å². The number of halogens is 1. The molecule has 0 aliphatic carbocycles. The molecule has 0 spiro atoms. The topological polar surface area (TPSA) is 37.9 Å². The summed E-state index contributed by atoms with van der Waals surface area (Å²) < 4.78 is 5.81. The molecule has 2 heterocycles. The zero-order valence-electron chi connectivity index (χ0n) is 9.98. The van der Waals surface area contributed by atoms with Crippen molar-refractivity contribution in [2.24, 2.45) is 11.8 Å². The first-order valence-electron chi connectivity index (χ1n) is 5.87. The fraction of sp³-hybridized carbons (Fsp3) is 0.750. The standard InChI is InChI=1S/C12H19ClN2O/c1-7-8(2)16-9(3)12(7)10(13)6-11-14-4-5-15-11/h4-5,7-10,12H,6H2,1-3H3,(H,14,15). The third kappa shape index (κ3) is 2.25. The van der Waals surface area contributed by atoms with Crippen LogP contribution < -0.4 is 0 Å². The van der Waals surface area contributed by atoms with Gasteiger partial charge in [0.2, 0.25) is 0 Å². The second-order valence-electron chi connectivity index (χ2n) is 4.74. The van der Waals surface area contributed by atoms with Crippen LogP contribution in [0, 0.1) is 11.8 Å². The van der Waals surface area contributed by atoms with Crippen molar-refractivity contribution < 1.29 is 4.74 Å². The molecule has 0 radical (unpaired) electrons. The Hall–Kier alpha value is -0.540. The minimum Gasteiger partial charge on any atom is -0.375 e. The second kappa shape index (κ2) is 4.76. The number of nitrogens with zero attached hydrogens (tertiary/aromatic N) is 1. The molecule has 3 nitrogen and oxygen atoms in total. The van der Waals surface area contributed by atoms with Crippen molar-refractivity contribution in [2.75, 3.05) is 0 Å². The maximum absolute atomic E-state index is 6.49. The molecule has 0 saturated carbocycles. The van der Waals surface area contributed by atoms with E-state index in [1.54, 1.807) is 6.20 Å². The van der Waals surface area contributed by atoms with Crippen LogP contribution in [0.4, 0.5) is 0 Å². The Morgan fingerprint density at radius 1 is 1.44 bits per heavy atom. The van der Waals surface area contributed by atoms with E-state index in [1.165, 1.54) is 0 Å². The van der Waals surface area contributed by atoms with Gasteiger partial charge in [-0.1, -0.05) is 6.92 Å². The Balaban J connectivity index is 2.01. The lowest BCUT2D eigenvalue weighted by Gasteiger charge is -2.23. The van der Waals surface area contributed by atoms with Crippen LogP contribution in [0.1, 0.15) is 26.6 Å². The van der Waals surface area contributed by atoms with Crippen LogP contribution >= 0.6 is 11.6 Å². The van der Waals surface area contributed by atoms with Crippen molar-refractivity contribution in [3.05, 3.63) is 18.2 Å². The van der Waals surface area contributed by atoms with Crippen molar-refractivity contribution in [2.45, 2.75) is 44.8 Å². The van der Waals surface area contributed by atoms with E-state index in [4.69, 9.17) is 16.3 Å². The van der Waals surface area contributed by atoms with E-state index in [1.807, 2.05) is 6.20 Å². The van der Waals surface area contributed by atoms with E-state index in [0.29, 0.717) is 17.9 Å². The molecule has 5 unspecified atom stereocenters. The number of aromatic amines is 1. The third-order valence-corrected chi connectivity index (χ3v) is 4.13. The van der Waals surface area contributed by atoms with Gasteiger partial charge in [0.05, 0.1) is 12.2 Å². The molecule has 1 aromatic heterocycles. The molecule has 5 atom stereocenters. The van der Waals surface area contributed by atoms with Crippen molar-refractivity contribution >= 4 is 11.6 Å². The van der Waals surface area contributed by atoms with Crippen LogP contribution in [0.15, 0.2) is 12.4 Å². The van der Waals surface area contributed by atoms with Gasteiger partial charge in [-0.2, -0.15) is 0 Å². The molecule has 1 aliphatic rings. The van der Waals surface area contributed by atoms with Gasteiger partial charge in [-0.3, -0.25) is 0 Å². The Labute approximate surface area is 102 Å². The van der Waals surface area contributed by atoms with Crippen LogP contribution in [0.5, 0.6) is 0 Å². The highest BCUT2D eigenvalue weighted by molar-refractivity contribution is 6.21. The maximum Gasteiger partial charge on any atom is 0.107 e. The smallest absolute Gasteiger partial charge is 0.107 e. The van der Waals surface area contributed by atoms with Gasteiger partial charge in [0.1, 0.15) is 5.82 Å². The Bertz CT molecular complexity index is 328. The molecule has 4 heteroatoms. The largest absolute Gasteiger partial charge is 0.375 e. The van der Waals surface area contributed by atoms with Crippen LogP contribution in [-0.4, -0.2) is 27.6 Å². The summed E-state index contributed by atoms with van der Waals surface area (Å²) in [7, 11) is 0. The van der Waals surface area contributed by atoms with Crippen LogP contribution in [0.2, 0.25) is 0 Å². The molecule has 0 amide bonds. The summed E-state index contributed by atoms with van der Waals surface area (Å²) in [6, 6.07) is 0. The van der Waals surface area contributed by atoms with E-state index in [0.717, 1.165) is 12.2 Å². The number of imidazole rings is 1. The molecule has 2 rings (SSSR count). The average Bonchev–Trinajstić information content (AvgIpc) is 2.77. The van der Waals surface area contributed by atoms with Gasteiger partial charge in [0.25, 0.3) is 0 Å². The SMILES string of the molecule is CC1OC(C)C(C(Cl)Cc2ncc[nH]2)C1C. The normalized spacial score (nSPS) is 36.5. The van der Waals surface area contributed by atoms with Crippen molar-refractivity contribution in [3.63, 3.8) is 0 Å². The lowest BCUT2D eigenvalue weighted by atomic mass is 9.85. The summed E-state index contributed by atoms with van der Waals surface area (Å²) in [6.45, 7) is 6.45. The molecule has 90 valence electrons. The summed E-state index contributed by atoms with van der Waals surface area (Å²) in [5.74, 6) is 1.87. The lowest BCUT2D eigenvalue weighted by Crippen LogP contribution is -2.29. The summed E-state index contributed by atoms with van der Waals surface area (Å²) in [4.78, 5) is 7.31. The van der Waals surface area contributed by atoms with Gasteiger partial charge in [-0.15, -0.1) is 11.6 Å². The molecule has 16 heavy (non-hydrogen) atoms. The first-order valence-corrected chi connectivity index (χ1v) is 6.31. The number of nitrogens with one attached hydrogen (secondary N) is 1. The molecule has 1 N–H and O–H groups in total. The molecule has 1 fully saturated rings. The summed E-state index contributed by atoms with van der Waals surface area (Å²) in [5.41, 5.74) is 0. The van der Waals surface area contributed by atoms with E-state index in [-0.39, 0.29) is 11.5 Å². The fourth-order valence-corrected chi connectivity index (χ4v) is 3.23. The molecular formula is C12H19ClN2O. The van der Waals surface area contributed by atoms with E-state index in [9.17, 15) is 0 Å². The first kappa shape index (κ1) is 11.9. The lowest BCUT2D eigenvalue weighted by molar-refractivity contribution is 0.0508. The first-order chi connectivity index (χ1) is 7.59. The van der Waals surface area contributed by atoms with Gasteiger partial charge < -0.3 is 9.72 Å². The molecule has 1 aromatic rings. The van der Waals surface area contributed by atoms with E-state index < -0.39 is 0 Å². The number of alkyl halides is 1. The van der Waals surface area contributed by atoms with Gasteiger partial charge in [0.15, 0.2) is 0 Å². The maximum atomic E-state index is 6.49. The fourth-order valence-electron chi connectivity index (χ4n) is 2.65. The molecule has 0 aromatic carbocycles. The van der Waals surface area contributed by atoms with E-state index >= 15 is 0 Å². The number of H-pyrrole nitrogens is 1. The zero-order valence-corrected chi connectivity index (χ0v) is 10.7. The van der Waals surface area contributed by atoms with Gasteiger partial charge in [0, 0.05) is 30.1 Å². The van der Waals surface area contributed by atoms with Crippen LogP contribution in [0.25, 0.3) is 0 Å². The summed E-state index contributed by atoms with van der Waals surface area (Å²) in [5, 5.41) is 0.0844. The van der Waals surface area contributed by atoms with Crippen LogP contribution in [0.3, 0.4) is 0 Å². The van der Waals surface area contributed by atoms with Gasteiger partial charge in [-0.05, 0) is 19.8 Å². The second-order valence-corrected chi connectivity index (χ2v) is 5.30. The van der Waals surface area contributed by atoms with E-state index in [2.05, 4.69) is 30.7 Å². The minimum atomic E-state index is 0.0844. The predicted molar refractivity (Wildman–Crippen MR) is 64.6 cm³/mol. The molecular weight excluding hydrogens is 224 g/mol. The quantitative estimate of drug-likeness (QED) is 0.828. The molecule has 1 aliphatic heterocycles. The summed E-state index contributed by atoms with van der Waals surface area (Å²) in [6.07, 6.45) is 4.92.